The maximum absolute atomic E-state index is 12.4. The molecule has 5 heteroatoms. The van der Waals surface area contributed by atoms with Gasteiger partial charge in [-0.05, 0) is 30.5 Å². The van der Waals surface area contributed by atoms with Crippen LogP contribution in [0.15, 0.2) is 54.6 Å². The molecular formula is C21H25N3O2. The Morgan fingerprint density at radius 2 is 1.85 bits per heavy atom. The van der Waals surface area contributed by atoms with E-state index < -0.39 is 0 Å². The molecular weight excluding hydrogens is 326 g/mol. The number of benzene rings is 2. The van der Waals surface area contributed by atoms with Crippen molar-refractivity contribution in [2.75, 3.05) is 11.9 Å². The average molecular weight is 351 g/mol. The Balaban J connectivity index is 1.59. The first kappa shape index (κ1) is 18.0. The topological polar surface area (TPSA) is 61.4 Å². The predicted octanol–water partition coefficient (Wildman–Crippen LogP) is 3.73. The number of nitrogens with one attached hydrogen (secondary N) is 2. The molecule has 2 atom stereocenters. The molecule has 5 nitrogen and oxygen atoms in total. The molecule has 0 aromatic heterocycles. The maximum Gasteiger partial charge on any atom is 0.319 e. The van der Waals surface area contributed by atoms with Crippen molar-refractivity contribution in [3.63, 3.8) is 0 Å². The summed E-state index contributed by atoms with van der Waals surface area (Å²) in [6, 6.07) is 17.3. The van der Waals surface area contributed by atoms with Gasteiger partial charge in [-0.2, -0.15) is 0 Å². The number of amides is 3. The second-order valence-electron chi connectivity index (χ2n) is 6.64. The fraction of sp³-hybridized carbons (Fsp3) is 0.333. The number of carbonyl (C=O) groups is 2. The standard InChI is InChI=1S/C21H25N3O2/c1-3-16-9-7-8-12-19(16)23-21(26)22-18-13-20(25)24(14-18)15(2)17-10-5-4-6-11-17/h4-12,15,18H,3,13-14H2,1-2H3,(H2,22,23,26). The Morgan fingerprint density at radius 3 is 2.58 bits per heavy atom. The minimum absolute atomic E-state index is 0.000575. The zero-order chi connectivity index (χ0) is 18.5. The van der Waals surface area contributed by atoms with Crippen LogP contribution in [-0.2, 0) is 11.2 Å². The van der Waals surface area contributed by atoms with Crippen LogP contribution in [0.2, 0.25) is 0 Å². The number of hydrogen-bond acceptors (Lipinski definition) is 2. The van der Waals surface area contributed by atoms with Crippen LogP contribution in [-0.4, -0.2) is 29.4 Å². The summed E-state index contributed by atoms with van der Waals surface area (Å²) in [6.07, 6.45) is 1.18. The van der Waals surface area contributed by atoms with Gasteiger partial charge in [0.15, 0.2) is 0 Å². The normalized spacial score (nSPS) is 17.8. The zero-order valence-corrected chi connectivity index (χ0v) is 15.2. The van der Waals surface area contributed by atoms with Gasteiger partial charge in [-0.1, -0.05) is 55.5 Å². The number of aryl methyl sites for hydroxylation is 1. The predicted molar refractivity (Wildman–Crippen MR) is 103 cm³/mol. The van der Waals surface area contributed by atoms with E-state index in [9.17, 15) is 9.59 Å². The molecule has 26 heavy (non-hydrogen) atoms. The lowest BCUT2D eigenvalue weighted by molar-refractivity contribution is -0.129. The van der Waals surface area contributed by atoms with Gasteiger partial charge in [-0.25, -0.2) is 4.79 Å². The molecule has 3 rings (SSSR count). The molecule has 1 aliphatic heterocycles. The van der Waals surface area contributed by atoms with Crippen LogP contribution in [0.1, 0.15) is 37.4 Å². The fourth-order valence-electron chi connectivity index (χ4n) is 3.41. The first-order valence-corrected chi connectivity index (χ1v) is 9.08. The van der Waals surface area contributed by atoms with Crippen LogP contribution in [0.25, 0.3) is 0 Å². The number of likely N-dealkylation sites (tertiary alicyclic amines) is 1. The SMILES string of the molecule is CCc1ccccc1NC(=O)NC1CC(=O)N(C(C)c2ccccc2)C1. The van der Waals surface area contributed by atoms with Gasteiger partial charge in [0.05, 0.1) is 12.1 Å². The van der Waals surface area contributed by atoms with Crippen molar-refractivity contribution in [1.29, 1.82) is 0 Å². The Hall–Kier alpha value is -2.82. The van der Waals surface area contributed by atoms with Crippen LogP contribution >= 0.6 is 0 Å². The molecule has 0 bridgehead atoms. The van der Waals surface area contributed by atoms with Gasteiger partial charge in [0.1, 0.15) is 0 Å². The Kier molecular flexibility index (Phi) is 5.56. The van der Waals surface area contributed by atoms with Crippen molar-refractivity contribution >= 4 is 17.6 Å². The molecule has 2 aromatic carbocycles. The van der Waals surface area contributed by atoms with Gasteiger partial charge >= 0.3 is 6.03 Å². The van der Waals surface area contributed by atoms with E-state index in [1.807, 2.05) is 66.4 Å². The lowest BCUT2D eigenvalue weighted by Gasteiger charge is -2.25. The van der Waals surface area contributed by atoms with Crippen LogP contribution in [0, 0.1) is 0 Å². The van der Waals surface area contributed by atoms with E-state index in [1.165, 1.54) is 0 Å². The molecule has 0 radical (unpaired) electrons. The van der Waals surface area contributed by atoms with Crippen LogP contribution in [0.5, 0.6) is 0 Å². The summed E-state index contributed by atoms with van der Waals surface area (Å²) in [5, 5.41) is 5.83. The summed E-state index contributed by atoms with van der Waals surface area (Å²) in [5.74, 6) is 0.0700. The highest BCUT2D eigenvalue weighted by molar-refractivity contribution is 5.91. The largest absolute Gasteiger partial charge is 0.334 e. The Labute approximate surface area is 154 Å². The smallest absolute Gasteiger partial charge is 0.319 e. The third kappa shape index (κ3) is 4.04. The number of rotatable bonds is 5. The van der Waals surface area contributed by atoms with E-state index in [1.54, 1.807) is 0 Å². The van der Waals surface area contributed by atoms with E-state index in [0.29, 0.717) is 13.0 Å². The van der Waals surface area contributed by atoms with Crippen LogP contribution < -0.4 is 10.6 Å². The molecule has 1 heterocycles. The highest BCUT2D eigenvalue weighted by Crippen LogP contribution is 2.25. The Morgan fingerprint density at radius 1 is 1.15 bits per heavy atom. The summed E-state index contributed by atoms with van der Waals surface area (Å²) in [4.78, 5) is 26.6. The van der Waals surface area contributed by atoms with Crippen molar-refractivity contribution < 1.29 is 9.59 Å². The van der Waals surface area contributed by atoms with Crippen molar-refractivity contribution in [3.05, 3.63) is 65.7 Å². The van der Waals surface area contributed by atoms with Gasteiger partial charge in [0.25, 0.3) is 0 Å². The monoisotopic (exact) mass is 351 g/mol. The second kappa shape index (κ2) is 8.04. The number of carbonyl (C=O) groups excluding carboxylic acids is 2. The van der Waals surface area contributed by atoms with Gasteiger partial charge in [0, 0.05) is 18.7 Å². The van der Waals surface area contributed by atoms with E-state index in [4.69, 9.17) is 0 Å². The van der Waals surface area contributed by atoms with Crippen LogP contribution in [0.3, 0.4) is 0 Å². The van der Waals surface area contributed by atoms with Gasteiger partial charge in [0.2, 0.25) is 5.91 Å². The number of nitrogens with zero attached hydrogens (tertiary/aromatic N) is 1. The molecule has 136 valence electrons. The van der Waals surface area contributed by atoms with Gasteiger partial charge < -0.3 is 15.5 Å². The highest BCUT2D eigenvalue weighted by atomic mass is 16.2. The molecule has 0 spiro atoms. The highest BCUT2D eigenvalue weighted by Gasteiger charge is 2.33. The third-order valence-corrected chi connectivity index (χ3v) is 4.89. The number of anilines is 1. The first-order valence-electron chi connectivity index (χ1n) is 9.08. The molecule has 0 aliphatic carbocycles. The summed E-state index contributed by atoms with van der Waals surface area (Å²) in [7, 11) is 0. The molecule has 3 amide bonds. The lowest BCUT2D eigenvalue weighted by atomic mass is 10.1. The number of hydrogen-bond donors (Lipinski definition) is 2. The van der Waals surface area contributed by atoms with E-state index in [0.717, 1.165) is 23.2 Å². The van der Waals surface area contributed by atoms with Crippen molar-refractivity contribution in [1.82, 2.24) is 10.2 Å². The number of para-hydroxylation sites is 1. The molecule has 1 aliphatic rings. The minimum Gasteiger partial charge on any atom is -0.334 e. The summed E-state index contributed by atoms with van der Waals surface area (Å²) in [6.45, 7) is 4.60. The average Bonchev–Trinajstić information content (AvgIpc) is 3.02. The van der Waals surface area contributed by atoms with Crippen LogP contribution in [0.4, 0.5) is 10.5 Å². The quantitative estimate of drug-likeness (QED) is 0.862. The molecule has 1 fully saturated rings. The minimum atomic E-state index is -0.266. The van der Waals surface area contributed by atoms with E-state index in [2.05, 4.69) is 17.6 Å². The summed E-state index contributed by atoms with van der Waals surface area (Å²) >= 11 is 0. The molecule has 1 saturated heterocycles. The number of urea groups is 1. The van der Waals surface area contributed by atoms with Crippen molar-refractivity contribution in [3.8, 4) is 0 Å². The Bertz CT molecular complexity index is 776. The summed E-state index contributed by atoms with van der Waals surface area (Å²) < 4.78 is 0. The third-order valence-electron chi connectivity index (χ3n) is 4.89. The summed E-state index contributed by atoms with van der Waals surface area (Å²) in [5.41, 5.74) is 3.00. The van der Waals surface area contributed by atoms with Gasteiger partial charge in [-0.3, -0.25) is 4.79 Å². The molecule has 2 aromatic rings. The van der Waals surface area contributed by atoms with E-state index >= 15 is 0 Å². The maximum atomic E-state index is 12.4. The van der Waals surface area contributed by atoms with Crippen molar-refractivity contribution in [2.24, 2.45) is 0 Å². The fourth-order valence-corrected chi connectivity index (χ4v) is 3.41. The second-order valence-corrected chi connectivity index (χ2v) is 6.64. The van der Waals surface area contributed by atoms with E-state index in [-0.39, 0.29) is 24.0 Å². The zero-order valence-electron chi connectivity index (χ0n) is 15.2. The molecule has 0 saturated carbocycles. The van der Waals surface area contributed by atoms with Gasteiger partial charge in [-0.15, -0.1) is 0 Å². The lowest BCUT2D eigenvalue weighted by Crippen LogP contribution is -2.40. The van der Waals surface area contributed by atoms with Crippen molar-refractivity contribution in [2.45, 2.75) is 38.8 Å². The molecule has 2 unspecified atom stereocenters. The molecule has 2 N–H and O–H groups in total. The first-order chi connectivity index (χ1) is 12.6.